The number of aryl methyl sites for hydroxylation is 2. The van der Waals surface area contributed by atoms with E-state index in [0.29, 0.717) is 37.7 Å². The lowest BCUT2D eigenvalue weighted by Gasteiger charge is -2.45. The van der Waals surface area contributed by atoms with Gasteiger partial charge in [-0.25, -0.2) is 4.79 Å². The van der Waals surface area contributed by atoms with Gasteiger partial charge in [0.25, 0.3) is 0 Å². The number of anilines is 1. The number of hydrogen-bond acceptors (Lipinski definition) is 15. The Morgan fingerprint density at radius 2 is 1.24 bits per heavy atom. The number of rotatable bonds is 18. The van der Waals surface area contributed by atoms with Gasteiger partial charge in [-0.15, -0.1) is 0 Å². The minimum absolute atomic E-state index is 0.0609. The van der Waals surface area contributed by atoms with Crippen LogP contribution in [-0.2, 0) is 52.4 Å². The van der Waals surface area contributed by atoms with E-state index in [1.54, 1.807) is 65.8 Å². The van der Waals surface area contributed by atoms with Gasteiger partial charge in [-0.05, 0) is 37.1 Å². The topological polar surface area (TPSA) is 178 Å². The summed E-state index contributed by atoms with van der Waals surface area (Å²) in [6, 6.07) is 13.0. The molecule has 2 heterocycles. The molecule has 2 aromatic rings. The van der Waals surface area contributed by atoms with Gasteiger partial charge in [-0.1, -0.05) is 71.9 Å². The Morgan fingerprint density at radius 3 is 1.78 bits per heavy atom. The van der Waals surface area contributed by atoms with E-state index >= 15 is 0 Å². The van der Waals surface area contributed by atoms with Crippen molar-refractivity contribution in [2.24, 2.45) is 17.8 Å². The van der Waals surface area contributed by atoms with Crippen LogP contribution in [0.2, 0.25) is 0 Å². The van der Waals surface area contributed by atoms with Crippen molar-refractivity contribution in [2.75, 3.05) is 65.4 Å². The molecule has 0 spiro atoms. The van der Waals surface area contributed by atoms with E-state index in [4.69, 9.17) is 37.9 Å². The minimum Gasteiger partial charge on any atom is -0.493 e. The second kappa shape index (κ2) is 22.0. The first-order chi connectivity index (χ1) is 28.0. The number of amides is 1. The fraction of sp³-hybridized carbons (Fsp3) is 0.605. The molecule has 1 N–H and O–H groups in total. The highest BCUT2D eigenvalue weighted by atomic mass is 16.7. The number of carbonyl (C=O) groups excluding carboxylic acids is 5. The third kappa shape index (κ3) is 13.1. The van der Waals surface area contributed by atoms with Gasteiger partial charge in [0.05, 0.1) is 38.5 Å². The lowest BCUT2D eigenvalue weighted by atomic mass is 9.97. The van der Waals surface area contributed by atoms with E-state index < -0.39 is 78.4 Å². The van der Waals surface area contributed by atoms with E-state index in [0.717, 1.165) is 23.9 Å². The molecule has 0 radical (unpaired) electrons. The average molecular weight is 828 g/mol. The van der Waals surface area contributed by atoms with E-state index in [-0.39, 0.29) is 25.6 Å². The number of hydrogen-bond donors (Lipinski definition) is 1. The van der Waals surface area contributed by atoms with Crippen LogP contribution in [0.15, 0.2) is 42.5 Å². The predicted octanol–water partition coefficient (Wildman–Crippen LogP) is 3.93. The van der Waals surface area contributed by atoms with Crippen LogP contribution < -0.4 is 14.8 Å². The highest BCUT2D eigenvalue weighted by molar-refractivity contribution is 5.93. The van der Waals surface area contributed by atoms with Crippen molar-refractivity contribution in [3.63, 3.8) is 0 Å². The predicted molar refractivity (Wildman–Crippen MR) is 216 cm³/mol. The maximum atomic E-state index is 13.4. The van der Waals surface area contributed by atoms with Crippen LogP contribution in [0.4, 0.5) is 5.69 Å². The zero-order valence-electron chi connectivity index (χ0n) is 35.9. The van der Waals surface area contributed by atoms with Gasteiger partial charge in [0.1, 0.15) is 12.7 Å². The number of piperazine rings is 1. The minimum atomic E-state index is -1.64. The monoisotopic (exact) mass is 827 g/mol. The first-order valence-corrected chi connectivity index (χ1v) is 20.1. The Bertz CT molecular complexity index is 1720. The molecule has 1 unspecified atom stereocenters. The number of benzene rings is 2. The molecule has 2 saturated heterocycles. The largest absolute Gasteiger partial charge is 0.493 e. The van der Waals surface area contributed by atoms with Gasteiger partial charge in [0, 0.05) is 38.4 Å². The van der Waals surface area contributed by atoms with Crippen LogP contribution in [0, 0.1) is 31.6 Å². The first-order valence-electron chi connectivity index (χ1n) is 20.1. The lowest BCUT2D eigenvalue weighted by molar-refractivity contribution is -0.314. The third-order valence-corrected chi connectivity index (χ3v) is 9.96. The van der Waals surface area contributed by atoms with E-state index in [9.17, 15) is 24.0 Å². The van der Waals surface area contributed by atoms with Gasteiger partial charge in [0.2, 0.25) is 5.91 Å². The Hall–Kier alpha value is -4.77. The number of nitrogens with one attached hydrogen (secondary N) is 1. The molecule has 2 fully saturated rings. The van der Waals surface area contributed by atoms with E-state index in [1.165, 1.54) is 7.11 Å². The van der Waals surface area contributed by atoms with Gasteiger partial charge in [0.15, 0.2) is 42.2 Å². The number of nitrogens with zero attached hydrogens (tertiary/aromatic N) is 2. The molecule has 326 valence electrons. The molecule has 16 nitrogen and oxygen atoms in total. The second-order valence-electron chi connectivity index (χ2n) is 15.7. The zero-order chi connectivity index (χ0) is 43.4. The summed E-state index contributed by atoms with van der Waals surface area (Å²) in [5.74, 6) is -4.12. The normalized spacial score (nSPS) is 21.7. The van der Waals surface area contributed by atoms with Crippen LogP contribution in [-0.4, -0.2) is 136 Å². The summed E-state index contributed by atoms with van der Waals surface area (Å²) >= 11 is 0. The molecule has 1 amide bonds. The van der Waals surface area contributed by atoms with Gasteiger partial charge in [-0.3, -0.25) is 29.0 Å². The maximum absolute atomic E-state index is 13.4. The molecular formula is C43H61N3O13. The summed E-state index contributed by atoms with van der Waals surface area (Å²) in [5.41, 5.74) is 2.79. The Labute approximate surface area is 347 Å². The standard InChI is InChI=1S/C43H61N3O13/c1-25(2)39(48)56-35-36(57-40(49)26(3)4)38(58-41(50)27(5)6)43(59-37(35)42(51)53-10)55-30(24-54-32-17-12-11-16-31(32)52-9)22-45-18-20-46(21-19-45)23-33(47)44-34-28(7)14-13-15-29(34)8/h11-17,25-27,30,35-38,43H,18-24H2,1-10H3,(H,44,47)/t30?,35-,36-,37-,38+,43+/m0/s1. The third-order valence-electron chi connectivity index (χ3n) is 9.96. The summed E-state index contributed by atoms with van der Waals surface area (Å²) in [6.45, 7) is 16.3. The van der Waals surface area contributed by atoms with Crippen LogP contribution in [0.5, 0.6) is 11.5 Å². The highest BCUT2D eigenvalue weighted by Crippen LogP contribution is 2.33. The molecule has 0 saturated carbocycles. The average Bonchev–Trinajstić information content (AvgIpc) is 3.20. The molecule has 0 aliphatic carbocycles. The smallest absolute Gasteiger partial charge is 0.339 e. The number of carbonyl (C=O) groups is 5. The molecule has 4 rings (SSSR count). The number of ether oxygens (including phenoxy) is 8. The Morgan fingerprint density at radius 1 is 0.712 bits per heavy atom. The van der Waals surface area contributed by atoms with Crippen LogP contribution >= 0.6 is 0 Å². The van der Waals surface area contributed by atoms with Crippen molar-refractivity contribution < 1.29 is 61.9 Å². The molecule has 2 aromatic carbocycles. The second-order valence-corrected chi connectivity index (χ2v) is 15.7. The zero-order valence-corrected chi connectivity index (χ0v) is 35.9. The molecular weight excluding hydrogens is 766 g/mol. The molecule has 2 aliphatic rings. The van der Waals surface area contributed by atoms with Gasteiger partial charge >= 0.3 is 23.9 Å². The van der Waals surface area contributed by atoms with Crippen molar-refractivity contribution in [1.29, 1.82) is 0 Å². The van der Waals surface area contributed by atoms with Crippen molar-refractivity contribution in [1.82, 2.24) is 9.80 Å². The van der Waals surface area contributed by atoms with Crippen molar-refractivity contribution in [3.05, 3.63) is 53.6 Å². The molecule has 59 heavy (non-hydrogen) atoms. The lowest BCUT2D eigenvalue weighted by Crippen LogP contribution is -2.65. The first kappa shape index (κ1) is 46.9. The van der Waals surface area contributed by atoms with Crippen molar-refractivity contribution in [3.8, 4) is 11.5 Å². The maximum Gasteiger partial charge on any atom is 0.339 e. The van der Waals surface area contributed by atoms with Crippen molar-refractivity contribution >= 4 is 35.5 Å². The molecule has 6 atom stereocenters. The highest BCUT2D eigenvalue weighted by Gasteiger charge is 2.56. The Kier molecular flexibility index (Phi) is 17.5. The summed E-state index contributed by atoms with van der Waals surface area (Å²) in [4.78, 5) is 70.3. The van der Waals surface area contributed by atoms with Crippen LogP contribution in [0.3, 0.4) is 0 Å². The quantitative estimate of drug-likeness (QED) is 0.169. The van der Waals surface area contributed by atoms with Gasteiger partial charge < -0.3 is 43.2 Å². The molecule has 2 aliphatic heterocycles. The summed E-state index contributed by atoms with van der Waals surface area (Å²) in [5, 5.41) is 3.05. The summed E-state index contributed by atoms with van der Waals surface area (Å²) in [6.07, 6.45) is -8.60. The SMILES string of the molecule is COC(=O)[C@H]1O[C@@H](OC(COc2ccccc2OC)CN2CCN(CC(=O)Nc3c(C)cccc3C)CC2)[C@H](OC(=O)C(C)C)[C@@H](OC(=O)C(C)C)[C@@H]1OC(=O)C(C)C. The number of methoxy groups -OCH3 is 2. The molecule has 0 aromatic heterocycles. The fourth-order valence-corrected chi connectivity index (χ4v) is 6.48. The van der Waals surface area contributed by atoms with Crippen LogP contribution in [0.25, 0.3) is 0 Å². The number of esters is 4. The molecule has 0 bridgehead atoms. The van der Waals surface area contributed by atoms with E-state index in [1.807, 2.05) is 32.0 Å². The molecule has 16 heteroatoms. The van der Waals surface area contributed by atoms with Crippen molar-refractivity contribution in [2.45, 2.75) is 92.2 Å². The Balaban J connectivity index is 1.63. The van der Waals surface area contributed by atoms with Gasteiger partial charge in [-0.2, -0.15) is 0 Å². The summed E-state index contributed by atoms with van der Waals surface area (Å²) < 4.78 is 47.4. The van der Waals surface area contributed by atoms with E-state index in [2.05, 4.69) is 15.1 Å². The number of para-hydroxylation sites is 3. The van der Waals surface area contributed by atoms with Crippen LogP contribution in [0.1, 0.15) is 52.7 Å². The summed E-state index contributed by atoms with van der Waals surface area (Å²) in [7, 11) is 2.66. The fourth-order valence-electron chi connectivity index (χ4n) is 6.48.